The van der Waals surface area contributed by atoms with Crippen LogP contribution in [0.5, 0.6) is 11.5 Å². The summed E-state index contributed by atoms with van der Waals surface area (Å²) in [5.74, 6) is 1.34. The normalized spacial score (nSPS) is 10.5. The van der Waals surface area contributed by atoms with Gasteiger partial charge in [0.15, 0.2) is 5.75 Å². The maximum Gasteiger partial charge on any atom is 0.263 e. The molecular weight excluding hydrogens is 308 g/mol. The highest BCUT2D eigenvalue weighted by Crippen LogP contribution is 2.34. The zero-order valence-corrected chi connectivity index (χ0v) is 13.8. The van der Waals surface area contributed by atoms with Gasteiger partial charge in [-0.25, -0.2) is 0 Å². The summed E-state index contributed by atoms with van der Waals surface area (Å²) in [7, 11) is 3.48. The highest BCUT2D eigenvalue weighted by molar-refractivity contribution is 7.20. The van der Waals surface area contributed by atoms with Crippen LogP contribution in [0.2, 0.25) is 0 Å². The molecule has 1 aromatic carbocycles. The predicted octanol–water partition coefficient (Wildman–Crippen LogP) is 4.43. The van der Waals surface area contributed by atoms with Crippen LogP contribution >= 0.6 is 11.3 Å². The Morgan fingerprint density at radius 3 is 2.65 bits per heavy atom. The van der Waals surface area contributed by atoms with Gasteiger partial charge in [-0.3, -0.25) is 9.78 Å². The Bertz CT molecular complexity index is 866. The predicted molar refractivity (Wildman–Crippen MR) is 94.2 cm³/mol. The van der Waals surface area contributed by atoms with E-state index in [0.29, 0.717) is 10.6 Å². The van der Waals surface area contributed by atoms with Crippen molar-refractivity contribution in [1.82, 2.24) is 9.88 Å². The maximum atomic E-state index is 12.1. The molecule has 0 aliphatic carbocycles. The van der Waals surface area contributed by atoms with E-state index >= 15 is 0 Å². The first-order valence-corrected chi connectivity index (χ1v) is 7.89. The molecule has 0 saturated carbocycles. The molecule has 0 bridgehead atoms. The van der Waals surface area contributed by atoms with Crippen molar-refractivity contribution in [2.24, 2.45) is 0 Å². The van der Waals surface area contributed by atoms with Crippen molar-refractivity contribution in [3.05, 3.63) is 59.7 Å². The third-order valence-electron chi connectivity index (χ3n) is 3.37. The summed E-state index contributed by atoms with van der Waals surface area (Å²) in [4.78, 5) is 18.6. The lowest BCUT2D eigenvalue weighted by atomic mass is 10.2. The van der Waals surface area contributed by atoms with Crippen LogP contribution in [0.4, 0.5) is 0 Å². The van der Waals surface area contributed by atoms with E-state index in [-0.39, 0.29) is 5.91 Å². The van der Waals surface area contributed by atoms with Gasteiger partial charge >= 0.3 is 0 Å². The molecule has 3 rings (SSSR count). The lowest BCUT2D eigenvalue weighted by Gasteiger charge is -2.07. The van der Waals surface area contributed by atoms with E-state index in [1.807, 2.05) is 30.3 Å². The van der Waals surface area contributed by atoms with Gasteiger partial charge in [-0.05, 0) is 23.8 Å². The summed E-state index contributed by atoms with van der Waals surface area (Å²) in [5, 5.41) is 0.892. The van der Waals surface area contributed by atoms with E-state index < -0.39 is 0 Å². The molecule has 2 aromatic heterocycles. The van der Waals surface area contributed by atoms with Crippen molar-refractivity contribution in [3.8, 4) is 11.5 Å². The second-order valence-electron chi connectivity index (χ2n) is 5.23. The molecule has 116 valence electrons. The van der Waals surface area contributed by atoms with Crippen molar-refractivity contribution in [3.63, 3.8) is 0 Å². The van der Waals surface area contributed by atoms with Crippen molar-refractivity contribution in [2.75, 3.05) is 14.1 Å². The molecule has 4 nitrogen and oxygen atoms in total. The number of rotatable bonds is 4. The second-order valence-corrected chi connectivity index (χ2v) is 6.32. The molecule has 0 saturated heterocycles. The Balaban J connectivity index is 1.96. The fourth-order valence-electron chi connectivity index (χ4n) is 2.14. The molecule has 5 heteroatoms. The highest BCUT2D eigenvalue weighted by atomic mass is 32.1. The lowest BCUT2D eigenvalue weighted by Crippen LogP contribution is -2.20. The number of hydrogen-bond acceptors (Lipinski definition) is 4. The number of thiophene rings is 1. The third-order valence-corrected chi connectivity index (χ3v) is 4.43. The van der Waals surface area contributed by atoms with Crippen LogP contribution in [0, 0.1) is 0 Å². The number of aromatic nitrogens is 1. The number of benzene rings is 1. The molecule has 0 fully saturated rings. The minimum absolute atomic E-state index is 0.0208. The molecule has 0 atom stereocenters. The molecule has 0 N–H and O–H groups in total. The summed E-state index contributed by atoms with van der Waals surface area (Å²) >= 11 is 1.42. The zero-order valence-electron chi connectivity index (χ0n) is 12.9. The summed E-state index contributed by atoms with van der Waals surface area (Å²) in [6, 6.07) is 9.49. The van der Waals surface area contributed by atoms with Crippen molar-refractivity contribution < 1.29 is 9.53 Å². The molecular formula is C18H16N2O2S. The highest BCUT2D eigenvalue weighted by Gasteiger charge is 2.15. The number of carbonyl (C=O) groups excluding carboxylic acids is 1. The number of nitrogens with zero attached hydrogens (tertiary/aromatic N) is 2. The topological polar surface area (TPSA) is 42.4 Å². The van der Waals surface area contributed by atoms with E-state index in [9.17, 15) is 4.79 Å². The van der Waals surface area contributed by atoms with E-state index in [1.54, 1.807) is 37.5 Å². The maximum absolute atomic E-state index is 12.1. The van der Waals surface area contributed by atoms with E-state index in [0.717, 1.165) is 21.4 Å². The van der Waals surface area contributed by atoms with Gasteiger partial charge in [-0.15, -0.1) is 11.3 Å². The fraction of sp³-hybridized carbons (Fsp3) is 0.111. The largest absolute Gasteiger partial charge is 0.455 e. The van der Waals surface area contributed by atoms with Crippen molar-refractivity contribution in [1.29, 1.82) is 0 Å². The van der Waals surface area contributed by atoms with Crippen LogP contribution in [0.1, 0.15) is 15.2 Å². The number of amides is 1. The summed E-state index contributed by atoms with van der Waals surface area (Å²) < 4.78 is 6.86. The van der Waals surface area contributed by atoms with Crippen LogP contribution in [-0.4, -0.2) is 29.9 Å². The Morgan fingerprint density at radius 2 is 2.00 bits per heavy atom. The molecule has 0 aliphatic rings. The first-order chi connectivity index (χ1) is 11.1. The van der Waals surface area contributed by atoms with Crippen molar-refractivity contribution >= 4 is 33.4 Å². The van der Waals surface area contributed by atoms with Crippen LogP contribution < -0.4 is 4.74 Å². The van der Waals surface area contributed by atoms with Gasteiger partial charge in [0.1, 0.15) is 5.75 Å². The Kier molecular flexibility index (Phi) is 4.12. The molecule has 0 radical (unpaired) electrons. The molecule has 2 heterocycles. The molecule has 0 spiro atoms. The SMILES string of the molecule is C=Cc1ccc(Oc2cncc3sc(C(=O)N(C)C)cc23)cc1. The summed E-state index contributed by atoms with van der Waals surface area (Å²) in [6.07, 6.45) is 5.20. The quantitative estimate of drug-likeness (QED) is 0.713. The number of carbonyl (C=O) groups is 1. The number of hydrogen-bond donors (Lipinski definition) is 0. The second kappa shape index (κ2) is 6.22. The first-order valence-electron chi connectivity index (χ1n) is 7.08. The Labute approximate surface area is 138 Å². The van der Waals surface area contributed by atoms with Crippen LogP contribution in [0.25, 0.3) is 16.2 Å². The smallest absolute Gasteiger partial charge is 0.263 e. The molecule has 3 aromatic rings. The number of fused-ring (bicyclic) bond motifs is 1. The van der Waals surface area contributed by atoms with E-state index in [2.05, 4.69) is 11.6 Å². The third kappa shape index (κ3) is 3.10. The summed E-state index contributed by atoms with van der Waals surface area (Å²) in [6.45, 7) is 3.73. The van der Waals surface area contributed by atoms with E-state index in [1.165, 1.54) is 11.3 Å². The first kappa shape index (κ1) is 15.2. The molecule has 1 amide bonds. The van der Waals surface area contributed by atoms with Crippen LogP contribution in [0.3, 0.4) is 0 Å². The van der Waals surface area contributed by atoms with Gasteiger partial charge in [0.2, 0.25) is 0 Å². The molecule has 23 heavy (non-hydrogen) atoms. The van der Waals surface area contributed by atoms with Crippen molar-refractivity contribution in [2.45, 2.75) is 0 Å². The zero-order chi connectivity index (χ0) is 16.4. The Morgan fingerprint density at radius 1 is 1.26 bits per heavy atom. The Hall–Kier alpha value is -2.66. The minimum atomic E-state index is -0.0208. The van der Waals surface area contributed by atoms with Gasteiger partial charge in [0.25, 0.3) is 5.91 Å². The van der Waals surface area contributed by atoms with Crippen LogP contribution in [-0.2, 0) is 0 Å². The standard InChI is InChI=1S/C18H16N2O2S/c1-4-12-5-7-13(8-6-12)22-15-10-19-11-17-14(15)9-16(23-17)18(21)20(2)3/h4-11H,1H2,2-3H3. The molecule has 0 unspecified atom stereocenters. The van der Waals surface area contributed by atoms with Crippen LogP contribution in [0.15, 0.2) is 49.3 Å². The van der Waals surface area contributed by atoms with Gasteiger partial charge < -0.3 is 9.64 Å². The van der Waals surface area contributed by atoms with E-state index in [4.69, 9.17) is 4.74 Å². The van der Waals surface area contributed by atoms with Gasteiger partial charge in [-0.1, -0.05) is 24.8 Å². The lowest BCUT2D eigenvalue weighted by molar-refractivity contribution is 0.0832. The van der Waals surface area contributed by atoms with Gasteiger partial charge in [-0.2, -0.15) is 0 Å². The minimum Gasteiger partial charge on any atom is -0.455 e. The average Bonchev–Trinajstić information content (AvgIpc) is 3.00. The number of pyridine rings is 1. The average molecular weight is 324 g/mol. The summed E-state index contributed by atoms with van der Waals surface area (Å²) in [5.41, 5.74) is 1.03. The monoisotopic (exact) mass is 324 g/mol. The number of ether oxygens (including phenoxy) is 1. The van der Waals surface area contributed by atoms with Gasteiger partial charge in [0.05, 0.1) is 15.8 Å². The fourth-order valence-corrected chi connectivity index (χ4v) is 3.21. The van der Waals surface area contributed by atoms with Gasteiger partial charge in [0, 0.05) is 25.7 Å². The molecule has 0 aliphatic heterocycles.